The number of carbonyl (C=O) groups is 1. The lowest BCUT2D eigenvalue weighted by atomic mass is 10.0. The summed E-state index contributed by atoms with van der Waals surface area (Å²) in [5.41, 5.74) is 2.00. The number of unbranched alkanes of at least 4 members (excludes halogenated alkanes) is 1. The highest BCUT2D eigenvalue weighted by molar-refractivity contribution is 5.94. The lowest BCUT2D eigenvalue weighted by Crippen LogP contribution is -2.51. The highest BCUT2D eigenvalue weighted by Gasteiger charge is 2.32. The van der Waals surface area contributed by atoms with Crippen molar-refractivity contribution in [2.24, 2.45) is 5.92 Å². The average molecular weight is 388 g/mol. The molecule has 0 saturated carbocycles. The van der Waals surface area contributed by atoms with Crippen LogP contribution >= 0.6 is 0 Å². The zero-order chi connectivity index (χ0) is 20.1. The normalized spacial score (nSPS) is 24.0. The first-order valence-corrected chi connectivity index (χ1v) is 11.0. The summed E-state index contributed by atoms with van der Waals surface area (Å²) < 4.78 is 6.27. The van der Waals surface area contributed by atoms with Gasteiger partial charge in [-0.15, -0.1) is 0 Å². The van der Waals surface area contributed by atoms with Crippen molar-refractivity contribution in [2.45, 2.75) is 52.2 Å². The van der Waals surface area contributed by atoms with Crippen LogP contribution in [-0.4, -0.2) is 74.2 Å². The molecule has 2 aliphatic heterocycles. The number of anilines is 1. The summed E-state index contributed by atoms with van der Waals surface area (Å²) in [6, 6.07) is 8.20. The number of benzene rings is 1. The van der Waals surface area contributed by atoms with Gasteiger partial charge in [-0.25, -0.2) is 0 Å². The molecule has 3 rings (SSSR count). The van der Waals surface area contributed by atoms with Gasteiger partial charge in [0.1, 0.15) is 0 Å². The number of rotatable bonds is 6. The van der Waals surface area contributed by atoms with Crippen LogP contribution in [0.3, 0.4) is 0 Å². The molecule has 0 bridgehead atoms. The fourth-order valence-electron chi connectivity index (χ4n) is 4.06. The van der Waals surface area contributed by atoms with Gasteiger partial charge in [0, 0.05) is 50.5 Å². The fourth-order valence-corrected chi connectivity index (χ4v) is 4.06. The molecule has 28 heavy (non-hydrogen) atoms. The lowest BCUT2D eigenvalue weighted by molar-refractivity contribution is -0.0962. The Kier molecular flexibility index (Phi) is 7.36. The van der Waals surface area contributed by atoms with E-state index in [1.165, 1.54) is 5.69 Å². The monoisotopic (exact) mass is 387 g/mol. The summed E-state index contributed by atoms with van der Waals surface area (Å²) in [7, 11) is 2.17. The van der Waals surface area contributed by atoms with Gasteiger partial charge < -0.3 is 19.4 Å². The third-order valence-corrected chi connectivity index (χ3v) is 6.08. The Bertz CT molecular complexity index is 623. The summed E-state index contributed by atoms with van der Waals surface area (Å²) in [5.74, 6) is 0.555. The summed E-state index contributed by atoms with van der Waals surface area (Å²) in [5, 5.41) is 0. The highest BCUT2D eigenvalue weighted by Crippen LogP contribution is 2.23. The van der Waals surface area contributed by atoms with Gasteiger partial charge >= 0.3 is 0 Å². The summed E-state index contributed by atoms with van der Waals surface area (Å²) in [6.07, 6.45) is 3.63. The van der Waals surface area contributed by atoms with Crippen LogP contribution in [0.25, 0.3) is 0 Å². The number of hydrogen-bond acceptors (Lipinski definition) is 4. The molecular formula is C23H37N3O2. The molecule has 0 unspecified atom stereocenters. The zero-order valence-electron chi connectivity index (χ0n) is 18.1. The summed E-state index contributed by atoms with van der Waals surface area (Å²) in [6.45, 7) is 12.2. The van der Waals surface area contributed by atoms with Gasteiger partial charge in [-0.05, 0) is 43.7 Å². The molecule has 0 radical (unpaired) electrons. The fraction of sp³-hybridized carbons (Fsp3) is 0.696. The molecule has 1 amide bonds. The van der Waals surface area contributed by atoms with E-state index in [-0.39, 0.29) is 18.1 Å². The van der Waals surface area contributed by atoms with E-state index in [1.54, 1.807) is 0 Å². The number of ether oxygens (including phenoxy) is 1. The van der Waals surface area contributed by atoms with E-state index in [4.69, 9.17) is 4.74 Å². The second-order valence-electron chi connectivity index (χ2n) is 8.73. The van der Waals surface area contributed by atoms with Crippen molar-refractivity contribution in [3.05, 3.63) is 29.8 Å². The number of amides is 1. The van der Waals surface area contributed by atoms with Crippen molar-refractivity contribution in [1.82, 2.24) is 9.80 Å². The van der Waals surface area contributed by atoms with Crippen molar-refractivity contribution in [3.63, 3.8) is 0 Å². The number of hydrogen-bond donors (Lipinski definition) is 0. The Hall–Kier alpha value is -1.59. The van der Waals surface area contributed by atoms with E-state index in [9.17, 15) is 4.79 Å². The Balaban J connectivity index is 1.65. The molecule has 1 aromatic rings. The average Bonchev–Trinajstić information content (AvgIpc) is 2.72. The molecule has 2 heterocycles. The molecular weight excluding hydrogens is 350 g/mol. The second-order valence-corrected chi connectivity index (χ2v) is 8.73. The first-order valence-electron chi connectivity index (χ1n) is 11.0. The van der Waals surface area contributed by atoms with Crippen molar-refractivity contribution >= 4 is 11.6 Å². The largest absolute Gasteiger partial charge is 0.371 e. The third kappa shape index (κ3) is 5.26. The van der Waals surface area contributed by atoms with E-state index in [0.29, 0.717) is 19.0 Å². The van der Waals surface area contributed by atoms with Gasteiger partial charge in [0.2, 0.25) is 0 Å². The topological polar surface area (TPSA) is 36.0 Å². The smallest absolute Gasteiger partial charge is 0.254 e. The Morgan fingerprint density at radius 2 is 1.79 bits per heavy atom. The molecule has 1 aromatic carbocycles. The van der Waals surface area contributed by atoms with Crippen molar-refractivity contribution in [3.8, 4) is 0 Å². The van der Waals surface area contributed by atoms with E-state index in [2.05, 4.69) is 49.8 Å². The second kappa shape index (κ2) is 9.75. The molecule has 2 atom stereocenters. The van der Waals surface area contributed by atoms with Crippen LogP contribution in [0.1, 0.15) is 50.4 Å². The summed E-state index contributed by atoms with van der Waals surface area (Å²) in [4.78, 5) is 19.9. The van der Waals surface area contributed by atoms with Crippen LogP contribution in [0.4, 0.5) is 5.69 Å². The van der Waals surface area contributed by atoms with Gasteiger partial charge in [-0.2, -0.15) is 0 Å². The van der Waals surface area contributed by atoms with Crippen LogP contribution in [-0.2, 0) is 4.74 Å². The molecule has 5 heteroatoms. The first-order chi connectivity index (χ1) is 13.5. The SMILES string of the molecule is CCCC[C@@H]1CN(C(=O)c2ccc(N3CCN(C)CC3)cc2)C[C@H](C(C)C)O1. The predicted octanol–water partition coefficient (Wildman–Crippen LogP) is 3.49. The quantitative estimate of drug-likeness (QED) is 0.749. The number of carbonyl (C=O) groups excluding carboxylic acids is 1. The van der Waals surface area contributed by atoms with Crippen molar-refractivity contribution < 1.29 is 9.53 Å². The Labute approximate surface area is 170 Å². The first kappa shape index (κ1) is 21.1. The lowest BCUT2D eigenvalue weighted by Gasteiger charge is -2.40. The van der Waals surface area contributed by atoms with Gasteiger partial charge in [0.15, 0.2) is 0 Å². The molecule has 2 saturated heterocycles. The van der Waals surface area contributed by atoms with Gasteiger partial charge in [0.25, 0.3) is 5.91 Å². The number of morpholine rings is 1. The van der Waals surface area contributed by atoms with Gasteiger partial charge in [-0.3, -0.25) is 4.79 Å². The molecule has 2 aliphatic rings. The summed E-state index contributed by atoms with van der Waals surface area (Å²) >= 11 is 0. The Morgan fingerprint density at radius 1 is 1.11 bits per heavy atom. The van der Waals surface area contributed by atoms with Crippen LogP contribution in [0.15, 0.2) is 24.3 Å². The minimum absolute atomic E-state index is 0.129. The minimum Gasteiger partial charge on any atom is -0.371 e. The van der Waals surface area contributed by atoms with E-state index >= 15 is 0 Å². The molecule has 2 fully saturated rings. The van der Waals surface area contributed by atoms with Gasteiger partial charge in [0.05, 0.1) is 12.2 Å². The van der Waals surface area contributed by atoms with E-state index < -0.39 is 0 Å². The van der Waals surface area contributed by atoms with Crippen molar-refractivity contribution in [2.75, 3.05) is 51.2 Å². The number of nitrogens with zero attached hydrogens (tertiary/aromatic N) is 3. The molecule has 0 spiro atoms. The molecule has 0 N–H and O–H groups in total. The minimum atomic E-state index is 0.129. The van der Waals surface area contributed by atoms with Crippen molar-refractivity contribution in [1.29, 1.82) is 0 Å². The van der Waals surface area contributed by atoms with E-state index in [0.717, 1.165) is 51.0 Å². The molecule has 0 aromatic heterocycles. The van der Waals surface area contributed by atoms with Crippen LogP contribution in [0, 0.1) is 5.92 Å². The van der Waals surface area contributed by atoms with Gasteiger partial charge in [-0.1, -0.05) is 33.6 Å². The molecule has 156 valence electrons. The maximum Gasteiger partial charge on any atom is 0.254 e. The van der Waals surface area contributed by atoms with Crippen LogP contribution < -0.4 is 4.90 Å². The maximum absolute atomic E-state index is 13.2. The number of piperazine rings is 1. The van der Waals surface area contributed by atoms with E-state index in [1.807, 2.05) is 17.0 Å². The standard InChI is InChI=1S/C23H37N3O2/c1-5-6-7-21-16-26(17-22(28-21)18(2)3)23(27)19-8-10-20(11-9-19)25-14-12-24(4)13-15-25/h8-11,18,21-22H,5-7,12-17H2,1-4H3/t21-,22-/m1/s1. The molecule has 0 aliphatic carbocycles. The third-order valence-electron chi connectivity index (χ3n) is 6.08. The highest BCUT2D eigenvalue weighted by atomic mass is 16.5. The number of likely N-dealkylation sites (N-methyl/N-ethyl adjacent to an activating group) is 1. The Morgan fingerprint density at radius 3 is 2.39 bits per heavy atom. The van der Waals surface area contributed by atoms with Crippen LogP contribution in [0.5, 0.6) is 0 Å². The predicted molar refractivity (Wildman–Crippen MR) is 115 cm³/mol. The zero-order valence-corrected chi connectivity index (χ0v) is 18.1. The maximum atomic E-state index is 13.2. The molecule has 5 nitrogen and oxygen atoms in total. The van der Waals surface area contributed by atoms with Crippen LogP contribution in [0.2, 0.25) is 0 Å².